The zero-order chi connectivity index (χ0) is 19.6. The molecule has 0 radical (unpaired) electrons. The van der Waals surface area contributed by atoms with Gasteiger partial charge in [-0.15, -0.1) is 11.8 Å². The Labute approximate surface area is 162 Å². The van der Waals surface area contributed by atoms with Gasteiger partial charge in [0.2, 0.25) is 0 Å². The Morgan fingerprint density at radius 3 is 2.63 bits per heavy atom. The van der Waals surface area contributed by atoms with E-state index in [2.05, 4.69) is 0 Å². The quantitative estimate of drug-likeness (QED) is 0.342. The molecule has 0 spiro atoms. The Kier molecular flexibility index (Phi) is 5.72. The number of hydrogen-bond donors (Lipinski definition) is 0. The molecule has 0 N–H and O–H groups in total. The summed E-state index contributed by atoms with van der Waals surface area (Å²) in [5.41, 5.74) is 1.00. The van der Waals surface area contributed by atoms with Crippen LogP contribution in [-0.2, 0) is 6.18 Å². The number of thioether (sulfide) groups is 2. The van der Waals surface area contributed by atoms with E-state index < -0.39 is 17.6 Å². The molecule has 0 aromatic heterocycles. The van der Waals surface area contributed by atoms with Crippen LogP contribution in [0.4, 0.5) is 23.2 Å². The molecule has 8 heteroatoms. The van der Waals surface area contributed by atoms with Crippen molar-refractivity contribution in [1.82, 2.24) is 0 Å². The number of aryl methyl sites for hydroxylation is 1. The summed E-state index contributed by atoms with van der Waals surface area (Å²) in [5.74, 6) is -0.0488. The number of nitriles is 1. The van der Waals surface area contributed by atoms with Crippen LogP contribution in [0.15, 0.2) is 57.3 Å². The molecule has 2 aromatic rings. The summed E-state index contributed by atoms with van der Waals surface area (Å²) in [4.78, 5) is 1.92. The molecule has 0 bridgehead atoms. The first-order valence-electron chi connectivity index (χ1n) is 7.96. The summed E-state index contributed by atoms with van der Waals surface area (Å²) in [5, 5.41) is 10.2. The summed E-state index contributed by atoms with van der Waals surface area (Å²) in [6, 6.07) is 11.9. The zero-order valence-electron chi connectivity index (χ0n) is 14.2. The Morgan fingerprint density at radius 1 is 1.22 bits per heavy atom. The van der Waals surface area contributed by atoms with Crippen molar-refractivity contribution >= 4 is 29.2 Å². The Bertz CT molecular complexity index is 932. The highest BCUT2D eigenvalue weighted by Gasteiger charge is 2.32. The molecule has 3 rings (SSSR count). The van der Waals surface area contributed by atoms with Crippen LogP contribution in [-0.4, -0.2) is 12.3 Å². The average Bonchev–Trinajstić information content (AvgIpc) is 3.09. The number of nitrogens with zero attached hydrogens (tertiary/aromatic N) is 2. The fraction of sp³-hybridized carbons (Fsp3) is 0.211. The van der Waals surface area contributed by atoms with Crippen LogP contribution < -0.4 is 4.90 Å². The van der Waals surface area contributed by atoms with E-state index in [1.54, 1.807) is 0 Å². The van der Waals surface area contributed by atoms with Crippen LogP contribution in [0.3, 0.4) is 0 Å². The maximum atomic E-state index is 14.1. The number of rotatable bonds is 3. The lowest BCUT2D eigenvalue weighted by Crippen LogP contribution is -2.18. The molecule has 140 valence electrons. The molecule has 1 aliphatic rings. The van der Waals surface area contributed by atoms with Crippen LogP contribution in [0.25, 0.3) is 0 Å². The van der Waals surface area contributed by atoms with E-state index in [0.29, 0.717) is 17.6 Å². The first-order chi connectivity index (χ1) is 12.8. The van der Waals surface area contributed by atoms with Gasteiger partial charge in [-0.2, -0.15) is 18.4 Å². The number of anilines is 1. The molecular formula is C19H14F4N2S2. The van der Waals surface area contributed by atoms with E-state index in [-0.39, 0.29) is 9.80 Å². The van der Waals surface area contributed by atoms with Crippen LogP contribution >= 0.6 is 23.5 Å². The molecule has 27 heavy (non-hydrogen) atoms. The van der Waals surface area contributed by atoms with Gasteiger partial charge in [0.15, 0.2) is 0 Å². The minimum atomic E-state index is -4.57. The molecule has 0 unspecified atom stereocenters. The Morgan fingerprint density at radius 2 is 1.96 bits per heavy atom. The zero-order valence-corrected chi connectivity index (χ0v) is 15.8. The number of benzene rings is 2. The molecule has 1 saturated heterocycles. The Balaban J connectivity index is 2.00. The van der Waals surface area contributed by atoms with Crippen molar-refractivity contribution in [1.29, 1.82) is 5.26 Å². The SMILES string of the molecule is Cc1ccccc1N1CCSC1=C(C#N)Sc1cc(C(F)(F)F)ccc1F. The van der Waals surface area contributed by atoms with Gasteiger partial charge < -0.3 is 4.90 Å². The molecule has 0 atom stereocenters. The third kappa shape index (κ3) is 4.25. The van der Waals surface area contributed by atoms with Gasteiger partial charge in [-0.1, -0.05) is 30.0 Å². The summed E-state index contributed by atoms with van der Waals surface area (Å²) in [7, 11) is 0. The fourth-order valence-corrected chi connectivity index (χ4v) is 4.79. The van der Waals surface area contributed by atoms with Crippen LogP contribution in [0, 0.1) is 24.1 Å². The molecule has 0 saturated carbocycles. The van der Waals surface area contributed by atoms with Gasteiger partial charge in [0.1, 0.15) is 21.8 Å². The molecule has 1 fully saturated rings. The second-order valence-corrected chi connectivity index (χ2v) is 7.91. The minimum absolute atomic E-state index is 0.180. The first kappa shape index (κ1) is 19.6. The number of alkyl halides is 3. The van der Waals surface area contributed by atoms with E-state index >= 15 is 0 Å². The van der Waals surface area contributed by atoms with Crippen LogP contribution in [0.5, 0.6) is 0 Å². The highest BCUT2D eigenvalue weighted by molar-refractivity contribution is 8.07. The second-order valence-electron chi connectivity index (χ2n) is 5.78. The number of halogens is 4. The van der Waals surface area contributed by atoms with Crippen molar-refractivity contribution in [3.63, 3.8) is 0 Å². The number of allylic oxidation sites excluding steroid dienone is 1. The third-order valence-electron chi connectivity index (χ3n) is 3.97. The smallest absolute Gasteiger partial charge is 0.334 e. The summed E-state index contributed by atoms with van der Waals surface area (Å²) in [6.45, 7) is 2.61. The van der Waals surface area contributed by atoms with E-state index in [1.165, 1.54) is 11.8 Å². The van der Waals surface area contributed by atoms with E-state index in [4.69, 9.17) is 0 Å². The van der Waals surface area contributed by atoms with Gasteiger partial charge in [0.05, 0.1) is 5.56 Å². The number of para-hydroxylation sites is 1. The molecule has 1 heterocycles. The predicted octanol–water partition coefficient (Wildman–Crippen LogP) is 6.19. The maximum Gasteiger partial charge on any atom is 0.416 e. The fourth-order valence-electron chi connectivity index (χ4n) is 2.68. The standard InChI is InChI=1S/C19H14F4N2S2/c1-12-4-2-3-5-15(12)25-8-9-26-18(25)17(11-24)27-16-10-13(19(21,22)23)6-7-14(16)20/h2-7,10H,8-9H2,1H3. The van der Waals surface area contributed by atoms with Crippen molar-refractivity contribution in [2.45, 2.75) is 18.0 Å². The molecule has 2 aromatic carbocycles. The second kappa shape index (κ2) is 7.87. The van der Waals surface area contributed by atoms with Gasteiger partial charge >= 0.3 is 6.18 Å². The molecule has 1 aliphatic heterocycles. The molecule has 0 amide bonds. The highest BCUT2D eigenvalue weighted by atomic mass is 32.2. The first-order valence-corrected chi connectivity index (χ1v) is 9.76. The van der Waals surface area contributed by atoms with Crippen molar-refractivity contribution in [3.8, 4) is 6.07 Å². The van der Waals surface area contributed by atoms with E-state index in [9.17, 15) is 22.8 Å². The van der Waals surface area contributed by atoms with Crippen molar-refractivity contribution in [3.05, 3.63) is 69.3 Å². The maximum absolute atomic E-state index is 14.1. The summed E-state index contributed by atoms with van der Waals surface area (Å²) >= 11 is 2.17. The number of hydrogen-bond acceptors (Lipinski definition) is 4. The third-order valence-corrected chi connectivity index (χ3v) is 6.21. The lowest BCUT2D eigenvalue weighted by Gasteiger charge is -2.22. The van der Waals surface area contributed by atoms with Gasteiger partial charge in [0, 0.05) is 22.9 Å². The Hall–Kier alpha value is -2.11. The van der Waals surface area contributed by atoms with Gasteiger partial charge in [-0.25, -0.2) is 4.39 Å². The van der Waals surface area contributed by atoms with Gasteiger partial charge in [-0.05, 0) is 36.8 Å². The van der Waals surface area contributed by atoms with E-state index in [1.807, 2.05) is 42.2 Å². The summed E-state index contributed by atoms with van der Waals surface area (Å²) < 4.78 is 52.9. The molecule has 2 nitrogen and oxygen atoms in total. The monoisotopic (exact) mass is 410 g/mol. The van der Waals surface area contributed by atoms with Crippen LogP contribution in [0.1, 0.15) is 11.1 Å². The van der Waals surface area contributed by atoms with Gasteiger partial charge in [-0.3, -0.25) is 0 Å². The van der Waals surface area contributed by atoms with Gasteiger partial charge in [0.25, 0.3) is 0 Å². The predicted molar refractivity (Wildman–Crippen MR) is 101 cm³/mol. The van der Waals surface area contributed by atoms with Crippen molar-refractivity contribution in [2.24, 2.45) is 0 Å². The van der Waals surface area contributed by atoms with Crippen molar-refractivity contribution < 1.29 is 17.6 Å². The average molecular weight is 410 g/mol. The van der Waals surface area contributed by atoms with Crippen LogP contribution in [0.2, 0.25) is 0 Å². The van der Waals surface area contributed by atoms with E-state index in [0.717, 1.165) is 40.9 Å². The normalized spacial score (nSPS) is 16.4. The largest absolute Gasteiger partial charge is 0.416 e. The molecular weight excluding hydrogens is 396 g/mol. The lowest BCUT2D eigenvalue weighted by atomic mass is 10.2. The topological polar surface area (TPSA) is 27.0 Å². The lowest BCUT2D eigenvalue weighted by molar-refractivity contribution is -0.137. The molecule has 0 aliphatic carbocycles. The highest BCUT2D eigenvalue weighted by Crippen LogP contribution is 2.42. The minimum Gasteiger partial charge on any atom is -0.334 e. The summed E-state index contributed by atoms with van der Waals surface area (Å²) in [6.07, 6.45) is -4.57. The van der Waals surface area contributed by atoms with Crippen molar-refractivity contribution in [2.75, 3.05) is 17.2 Å².